The van der Waals surface area contributed by atoms with E-state index in [0.717, 1.165) is 19.5 Å². The third-order valence-electron chi connectivity index (χ3n) is 4.63. The Morgan fingerprint density at radius 3 is 2.37 bits per heavy atom. The van der Waals surface area contributed by atoms with Gasteiger partial charge in [-0.15, -0.1) is 0 Å². The van der Waals surface area contributed by atoms with Gasteiger partial charge in [-0.05, 0) is 64.2 Å². The van der Waals surface area contributed by atoms with Crippen LogP contribution in [0.2, 0.25) is 0 Å². The van der Waals surface area contributed by atoms with E-state index in [1.54, 1.807) is 0 Å². The van der Waals surface area contributed by atoms with Crippen LogP contribution in [0.25, 0.3) is 0 Å². The topological polar surface area (TPSA) is 29.3 Å². The zero-order valence-electron chi connectivity index (χ0n) is 13.1. The number of hydrogen-bond acceptors (Lipinski definition) is 2. The maximum atomic E-state index is 6.16. The Morgan fingerprint density at radius 2 is 1.79 bits per heavy atom. The van der Waals surface area contributed by atoms with Crippen molar-refractivity contribution >= 4 is 0 Å². The normalized spacial score (nSPS) is 23.6. The molecule has 1 aliphatic rings. The predicted molar refractivity (Wildman–Crippen MR) is 82.4 cm³/mol. The number of nitrogens with zero attached hydrogens (tertiary/aromatic N) is 1. The molecule has 1 fully saturated rings. The Bertz CT molecular complexity index is 439. The highest BCUT2D eigenvalue weighted by molar-refractivity contribution is 5.37. The van der Waals surface area contributed by atoms with Gasteiger partial charge in [-0.2, -0.15) is 0 Å². The van der Waals surface area contributed by atoms with Gasteiger partial charge >= 0.3 is 0 Å². The molecular formula is C17H28N2. The molecule has 19 heavy (non-hydrogen) atoms. The van der Waals surface area contributed by atoms with E-state index in [1.807, 2.05) is 0 Å². The second-order valence-corrected chi connectivity index (χ2v) is 6.87. The fraction of sp³-hybridized carbons (Fsp3) is 0.647. The molecule has 1 saturated heterocycles. The summed E-state index contributed by atoms with van der Waals surface area (Å²) in [5, 5.41) is 0. The molecule has 0 bridgehead atoms. The average molecular weight is 260 g/mol. The highest BCUT2D eigenvalue weighted by Crippen LogP contribution is 2.30. The Kier molecular flexibility index (Phi) is 4.03. The zero-order valence-corrected chi connectivity index (χ0v) is 13.1. The van der Waals surface area contributed by atoms with Gasteiger partial charge in [-0.3, -0.25) is 4.90 Å². The average Bonchev–Trinajstić information content (AvgIpc) is 2.28. The van der Waals surface area contributed by atoms with Crippen molar-refractivity contribution in [2.45, 2.75) is 65.6 Å². The minimum absolute atomic E-state index is 0.264. The SMILES string of the molecule is Cc1cc(C)c(CN2CC(N)CCC2(C)C)c(C)c1. The standard InChI is InChI=1S/C17H28N2/c1-12-8-13(2)16(14(3)9-12)11-19-10-15(18)6-7-17(19,4)5/h8-9,15H,6-7,10-11,18H2,1-5H3. The van der Waals surface area contributed by atoms with Gasteiger partial charge in [0.1, 0.15) is 0 Å². The van der Waals surface area contributed by atoms with E-state index < -0.39 is 0 Å². The van der Waals surface area contributed by atoms with Gasteiger partial charge in [0.2, 0.25) is 0 Å². The highest BCUT2D eigenvalue weighted by Gasteiger charge is 2.33. The van der Waals surface area contributed by atoms with E-state index in [2.05, 4.69) is 51.7 Å². The van der Waals surface area contributed by atoms with Gasteiger partial charge in [-0.25, -0.2) is 0 Å². The van der Waals surface area contributed by atoms with Crippen molar-refractivity contribution < 1.29 is 0 Å². The minimum atomic E-state index is 0.264. The van der Waals surface area contributed by atoms with E-state index in [-0.39, 0.29) is 5.54 Å². The summed E-state index contributed by atoms with van der Waals surface area (Å²) in [5.74, 6) is 0. The Morgan fingerprint density at radius 1 is 1.21 bits per heavy atom. The summed E-state index contributed by atoms with van der Waals surface area (Å²) in [4.78, 5) is 2.56. The van der Waals surface area contributed by atoms with Gasteiger partial charge in [0.25, 0.3) is 0 Å². The Balaban J connectivity index is 2.25. The van der Waals surface area contributed by atoms with Crippen LogP contribution in [0.4, 0.5) is 0 Å². The molecule has 0 spiro atoms. The van der Waals surface area contributed by atoms with E-state index in [9.17, 15) is 0 Å². The summed E-state index contributed by atoms with van der Waals surface area (Å²) in [6, 6.07) is 4.91. The second kappa shape index (κ2) is 5.26. The van der Waals surface area contributed by atoms with Gasteiger partial charge in [0.15, 0.2) is 0 Å². The van der Waals surface area contributed by atoms with Crippen LogP contribution in [0.15, 0.2) is 12.1 Å². The van der Waals surface area contributed by atoms with Gasteiger partial charge in [0.05, 0.1) is 0 Å². The largest absolute Gasteiger partial charge is 0.327 e. The quantitative estimate of drug-likeness (QED) is 0.884. The van der Waals surface area contributed by atoms with Crippen LogP contribution < -0.4 is 5.73 Å². The number of piperidine rings is 1. The Hall–Kier alpha value is -0.860. The first kappa shape index (κ1) is 14.5. The number of likely N-dealkylation sites (tertiary alicyclic amines) is 1. The van der Waals surface area contributed by atoms with E-state index in [1.165, 1.54) is 28.7 Å². The molecule has 106 valence electrons. The molecule has 1 unspecified atom stereocenters. The van der Waals surface area contributed by atoms with E-state index in [0.29, 0.717) is 6.04 Å². The lowest BCUT2D eigenvalue weighted by Gasteiger charge is -2.45. The molecule has 1 aliphatic heterocycles. The summed E-state index contributed by atoms with van der Waals surface area (Å²) in [6.07, 6.45) is 2.34. The molecule has 2 rings (SSSR count). The summed E-state index contributed by atoms with van der Waals surface area (Å²) in [6.45, 7) is 13.4. The van der Waals surface area contributed by atoms with E-state index >= 15 is 0 Å². The maximum absolute atomic E-state index is 6.16. The van der Waals surface area contributed by atoms with Crippen molar-refractivity contribution in [3.63, 3.8) is 0 Å². The van der Waals surface area contributed by atoms with E-state index in [4.69, 9.17) is 5.73 Å². The van der Waals surface area contributed by atoms with Crippen molar-refractivity contribution in [3.05, 3.63) is 34.4 Å². The molecule has 1 heterocycles. The molecule has 0 amide bonds. The summed E-state index contributed by atoms with van der Waals surface area (Å²) < 4.78 is 0. The highest BCUT2D eigenvalue weighted by atomic mass is 15.2. The molecule has 2 heteroatoms. The third-order valence-corrected chi connectivity index (χ3v) is 4.63. The number of benzene rings is 1. The number of aryl methyl sites for hydroxylation is 3. The smallest absolute Gasteiger partial charge is 0.0244 e. The second-order valence-electron chi connectivity index (χ2n) is 6.87. The Labute approximate surface area is 118 Å². The minimum Gasteiger partial charge on any atom is -0.327 e. The predicted octanol–water partition coefficient (Wildman–Crippen LogP) is 3.31. The van der Waals surface area contributed by atoms with Crippen molar-refractivity contribution in [1.29, 1.82) is 0 Å². The molecule has 2 nitrogen and oxygen atoms in total. The van der Waals surface area contributed by atoms with Crippen molar-refractivity contribution in [2.24, 2.45) is 5.73 Å². The summed E-state index contributed by atoms with van der Waals surface area (Å²) in [7, 11) is 0. The number of hydrogen-bond donors (Lipinski definition) is 1. The number of nitrogens with two attached hydrogens (primary N) is 1. The van der Waals surface area contributed by atoms with Crippen LogP contribution in [0.3, 0.4) is 0 Å². The monoisotopic (exact) mass is 260 g/mol. The molecule has 1 atom stereocenters. The lowest BCUT2D eigenvalue weighted by molar-refractivity contribution is 0.0582. The first-order chi connectivity index (χ1) is 8.79. The van der Waals surface area contributed by atoms with Crippen LogP contribution in [0.1, 0.15) is 48.9 Å². The van der Waals surface area contributed by atoms with Crippen LogP contribution in [0, 0.1) is 20.8 Å². The molecule has 0 aliphatic carbocycles. The van der Waals surface area contributed by atoms with Crippen LogP contribution in [0.5, 0.6) is 0 Å². The van der Waals surface area contributed by atoms with Crippen LogP contribution in [-0.4, -0.2) is 23.0 Å². The van der Waals surface area contributed by atoms with Crippen LogP contribution >= 0.6 is 0 Å². The first-order valence-electron chi connectivity index (χ1n) is 7.37. The van der Waals surface area contributed by atoms with Crippen molar-refractivity contribution in [3.8, 4) is 0 Å². The lowest BCUT2D eigenvalue weighted by Crippen LogP contribution is -2.53. The lowest BCUT2D eigenvalue weighted by atomic mass is 9.87. The molecular weight excluding hydrogens is 232 g/mol. The first-order valence-corrected chi connectivity index (χ1v) is 7.37. The molecule has 2 N–H and O–H groups in total. The summed E-state index contributed by atoms with van der Waals surface area (Å²) >= 11 is 0. The molecule has 0 aromatic heterocycles. The van der Waals surface area contributed by atoms with Gasteiger partial charge in [-0.1, -0.05) is 17.7 Å². The molecule has 0 saturated carbocycles. The molecule has 1 aromatic rings. The molecule has 1 aromatic carbocycles. The van der Waals surface area contributed by atoms with Gasteiger partial charge in [0, 0.05) is 24.7 Å². The third kappa shape index (κ3) is 3.18. The van der Waals surface area contributed by atoms with Crippen molar-refractivity contribution in [1.82, 2.24) is 4.90 Å². The maximum Gasteiger partial charge on any atom is 0.0244 e. The number of rotatable bonds is 2. The zero-order chi connectivity index (χ0) is 14.2. The van der Waals surface area contributed by atoms with Gasteiger partial charge < -0.3 is 5.73 Å². The fourth-order valence-electron chi connectivity index (χ4n) is 3.25. The van der Waals surface area contributed by atoms with Crippen LogP contribution in [-0.2, 0) is 6.54 Å². The molecule has 0 radical (unpaired) electrons. The fourth-order valence-corrected chi connectivity index (χ4v) is 3.25. The summed E-state index contributed by atoms with van der Waals surface area (Å²) in [5.41, 5.74) is 12.1. The van der Waals surface area contributed by atoms with Crippen molar-refractivity contribution in [2.75, 3.05) is 6.54 Å².